The Hall–Kier alpha value is -2.39. The second-order valence-corrected chi connectivity index (χ2v) is 6.40. The van der Waals surface area contributed by atoms with Gasteiger partial charge >= 0.3 is 6.03 Å². The summed E-state index contributed by atoms with van der Waals surface area (Å²) in [6, 6.07) is 5.34. The molecule has 2 aromatic rings. The van der Waals surface area contributed by atoms with Crippen LogP contribution in [-0.4, -0.2) is 24.2 Å². The van der Waals surface area contributed by atoms with Gasteiger partial charge in [0.15, 0.2) is 0 Å². The van der Waals surface area contributed by atoms with E-state index >= 15 is 0 Å². The average Bonchev–Trinajstić information content (AvgIpc) is 2.83. The van der Waals surface area contributed by atoms with E-state index in [1.165, 1.54) is 18.3 Å². The van der Waals surface area contributed by atoms with Crippen molar-refractivity contribution in [2.75, 3.05) is 5.32 Å². The predicted molar refractivity (Wildman–Crippen MR) is 81.6 cm³/mol. The van der Waals surface area contributed by atoms with E-state index < -0.39 is 10.0 Å². The van der Waals surface area contributed by atoms with Crippen molar-refractivity contribution in [3.05, 3.63) is 42.2 Å². The molecule has 1 aromatic carbocycles. The lowest BCUT2D eigenvalue weighted by atomic mass is 10.1. The number of benzene rings is 1. The Morgan fingerprint density at radius 3 is 2.45 bits per heavy atom. The fraction of sp³-hybridized carbons (Fsp3) is 0.231. The quantitative estimate of drug-likeness (QED) is 0.776. The van der Waals surface area contributed by atoms with Crippen LogP contribution in [0.15, 0.2) is 41.6 Å². The fourth-order valence-electron chi connectivity index (χ4n) is 1.88. The molecule has 2 amide bonds. The number of anilines is 1. The monoisotopic (exact) mass is 323 g/mol. The van der Waals surface area contributed by atoms with Gasteiger partial charge in [0.2, 0.25) is 10.0 Å². The minimum Gasteiger partial charge on any atom is -0.331 e. The molecule has 0 bridgehead atoms. The lowest BCUT2D eigenvalue weighted by Gasteiger charge is -2.14. The van der Waals surface area contributed by atoms with Crippen LogP contribution in [0.1, 0.15) is 18.5 Å². The van der Waals surface area contributed by atoms with Crippen LogP contribution in [0.3, 0.4) is 0 Å². The van der Waals surface area contributed by atoms with Crippen molar-refractivity contribution in [3.63, 3.8) is 0 Å². The second kappa shape index (κ2) is 6.16. The van der Waals surface area contributed by atoms with Gasteiger partial charge in [0.05, 0.1) is 22.8 Å². The molecular formula is C13H17N5O3S. The Kier molecular flexibility index (Phi) is 4.48. The molecule has 0 aliphatic heterocycles. The van der Waals surface area contributed by atoms with Gasteiger partial charge in [0.1, 0.15) is 0 Å². The number of nitrogens with two attached hydrogens (primary N) is 1. The number of aromatic nitrogens is 2. The van der Waals surface area contributed by atoms with Gasteiger partial charge in [-0.15, -0.1) is 0 Å². The maximum atomic E-state index is 11.9. The van der Waals surface area contributed by atoms with Crippen molar-refractivity contribution in [2.45, 2.75) is 17.9 Å². The lowest BCUT2D eigenvalue weighted by Crippen LogP contribution is -2.31. The summed E-state index contributed by atoms with van der Waals surface area (Å²) >= 11 is 0. The van der Waals surface area contributed by atoms with Crippen LogP contribution >= 0.6 is 0 Å². The molecule has 1 unspecified atom stereocenters. The third kappa shape index (κ3) is 4.06. The number of primary sulfonamides is 1. The Morgan fingerprint density at radius 2 is 1.95 bits per heavy atom. The Morgan fingerprint density at radius 1 is 1.32 bits per heavy atom. The molecule has 8 nitrogen and oxygen atoms in total. The zero-order chi connectivity index (χ0) is 16.3. The van der Waals surface area contributed by atoms with E-state index in [4.69, 9.17) is 5.14 Å². The summed E-state index contributed by atoms with van der Waals surface area (Å²) in [5.41, 5.74) is 1.34. The Bertz CT molecular complexity index is 767. The SMILES string of the molecule is CC(NC(=O)Nc1cnn(C)c1)c1ccc(S(N)(=O)=O)cc1. The predicted octanol–water partition coefficient (Wildman–Crippen LogP) is 0.950. The number of hydrogen-bond acceptors (Lipinski definition) is 4. The van der Waals surface area contributed by atoms with E-state index in [1.54, 1.807) is 37.0 Å². The number of nitrogens with zero attached hydrogens (tertiary/aromatic N) is 2. The van der Waals surface area contributed by atoms with E-state index in [9.17, 15) is 13.2 Å². The van der Waals surface area contributed by atoms with Crippen molar-refractivity contribution in [1.82, 2.24) is 15.1 Å². The molecule has 0 saturated carbocycles. The summed E-state index contributed by atoms with van der Waals surface area (Å²) in [5, 5.41) is 14.4. The third-order valence-corrected chi connectivity index (χ3v) is 3.95. The van der Waals surface area contributed by atoms with Crippen LogP contribution in [0, 0.1) is 0 Å². The first kappa shape index (κ1) is 16.0. The molecule has 0 fully saturated rings. The first-order valence-corrected chi connectivity index (χ1v) is 7.99. The van der Waals surface area contributed by atoms with Gasteiger partial charge in [-0.2, -0.15) is 5.10 Å². The standard InChI is InChI=1S/C13H17N5O3S/c1-9(10-3-5-12(6-4-10)22(14,20)21)16-13(19)17-11-7-15-18(2)8-11/h3-9H,1-2H3,(H2,14,20,21)(H2,16,17,19). The van der Waals surface area contributed by atoms with Gasteiger partial charge in [0, 0.05) is 13.2 Å². The van der Waals surface area contributed by atoms with Crippen molar-refractivity contribution >= 4 is 21.7 Å². The van der Waals surface area contributed by atoms with Crippen molar-refractivity contribution in [3.8, 4) is 0 Å². The van der Waals surface area contributed by atoms with Gasteiger partial charge < -0.3 is 10.6 Å². The number of sulfonamides is 1. The average molecular weight is 323 g/mol. The van der Waals surface area contributed by atoms with Crippen molar-refractivity contribution in [2.24, 2.45) is 12.2 Å². The molecule has 118 valence electrons. The summed E-state index contributed by atoms with van der Waals surface area (Å²) in [5.74, 6) is 0. The minimum atomic E-state index is -3.72. The molecule has 0 radical (unpaired) electrons. The van der Waals surface area contributed by atoms with Crippen LogP contribution in [0.25, 0.3) is 0 Å². The number of rotatable bonds is 4. The molecule has 1 atom stereocenters. The third-order valence-electron chi connectivity index (χ3n) is 3.02. The van der Waals surface area contributed by atoms with E-state index in [0.717, 1.165) is 5.56 Å². The highest BCUT2D eigenvalue weighted by Crippen LogP contribution is 2.15. The van der Waals surface area contributed by atoms with Gasteiger partial charge in [-0.05, 0) is 24.6 Å². The summed E-state index contributed by atoms with van der Waals surface area (Å²) in [6.45, 7) is 1.79. The molecule has 9 heteroatoms. The zero-order valence-corrected chi connectivity index (χ0v) is 13.0. The first-order valence-electron chi connectivity index (χ1n) is 6.44. The Labute approximate surface area is 128 Å². The van der Waals surface area contributed by atoms with Crippen molar-refractivity contribution in [1.29, 1.82) is 0 Å². The number of hydrogen-bond donors (Lipinski definition) is 3. The van der Waals surface area contributed by atoms with E-state index in [1.807, 2.05) is 0 Å². The number of urea groups is 1. The fourth-order valence-corrected chi connectivity index (χ4v) is 2.39. The smallest absolute Gasteiger partial charge is 0.319 e. The zero-order valence-electron chi connectivity index (χ0n) is 12.1. The number of amides is 2. The van der Waals surface area contributed by atoms with Crippen LogP contribution in [0.5, 0.6) is 0 Å². The molecule has 4 N–H and O–H groups in total. The van der Waals surface area contributed by atoms with Gasteiger partial charge in [-0.25, -0.2) is 18.4 Å². The lowest BCUT2D eigenvalue weighted by molar-refractivity contribution is 0.249. The maximum absolute atomic E-state index is 11.9. The molecule has 0 saturated heterocycles. The van der Waals surface area contributed by atoms with Gasteiger partial charge in [-0.1, -0.05) is 12.1 Å². The summed E-state index contributed by atoms with van der Waals surface area (Å²) in [7, 11) is -1.97. The number of carbonyl (C=O) groups is 1. The van der Waals surface area contributed by atoms with E-state index in [2.05, 4.69) is 15.7 Å². The molecular weight excluding hydrogens is 306 g/mol. The van der Waals surface area contributed by atoms with Gasteiger partial charge in [0.25, 0.3) is 0 Å². The number of carbonyl (C=O) groups excluding carboxylic acids is 1. The van der Waals surface area contributed by atoms with Crippen molar-refractivity contribution < 1.29 is 13.2 Å². The van der Waals surface area contributed by atoms with Crippen LogP contribution in [0.2, 0.25) is 0 Å². The Balaban J connectivity index is 1.99. The minimum absolute atomic E-state index is 0.0308. The number of nitrogens with one attached hydrogen (secondary N) is 2. The second-order valence-electron chi connectivity index (χ2n) is 4.84. The largest absolute Gasteiger partial charge is 0.331 e. The molecule has 0 aliphatic rings. The normalized spacial score (nSPS) is 12.7. The molecule has 0 aliphatic carbocycles. The highest BCUT2D eigenvalue weighted by atomic mass is 32.2. The molecule has 1 heterocycles. The summed E-state index contributed by atoms with van der Waals surface area (Å²) < 4.78 is 23.9. The summed E-state index contributed by atoms with van der Waals surface area (Å²) in [4.78, 5) is 11.9. The molecule has 2 rings (SSSR count). The van der Waals surface area contributed by atoms with Crippen LogP contribution in [-0.2, 0) is 17.1 Å². The molecule has 22 heavy (non-hydrogen) atoms. The van der Waals surface area contributed by atoms with Crippen LogP contribution in [0.4, 0.5) is 10.5 Å². The maximum Gasteiger partial charge on any atom is 0.319 e. The first-order chi connectivity index (χ1) is 10.3. The molecule has 0 spiro atoms. The van der Waals surface area contributed by atoms with Crippen LogP contribution < -0.4 is 15.8 Å². The number of aryl methyl sites for hydroxylation is 1. The summed E-state index contributed by atoms with van der Waals surface area (Å²) in [6.07, 6.45) is 3.20. The topological polar surface area (TPSA) is 119 Å². The van der Waals surface area contributed by atoms with E-state index in [0.29, 0.717) is 5.69 Å². The highest BCUT2D eigenvalue weighted by molar-refractivity contribution is 7.89. The van der Waals surface area contributed by atoms with Gasteiger partial charge in [-0.3, -0.25) is 4.68 Å². The molecule has 1 aromatic heterocycles. The van der Waals surface area contributed by atoms with E-state index in [-0.39, 0.29) is 17.0 Å². The highest BCUT2D eigenvalue weighted by Gasteiger charge is 2.12.